The third-order valence-corrected chi connectivity index (χ3v) is 4.08. The number of ether oxygens (including phenoxy) is 1. The van der Waals surface area contributed by atoms with Crippen molar-refractivity contribution in [3.05, 3.63) is 28.8 Å². The van der Waals surface area contributed by atoms with E-state index in [-0.39, 0.29) is 0 Å². The average Bonchev–Trinajstić information content (AvgIpc) is 2.90. The molecule has 0 radical (unpaired) electrons. The van der Waals surface area contributed by atoms with Crippen LogP contribution in [0.25, 0.3) is 0 Å². The minimum absolute atomic E-state index is 0.494. The molecule has 1 saturated heterocycles. The van der Waals surface area contributed by atoms with Crippen molar-refractivity contribution in [2.45, 2.75) is 58.4 Å². The molecule has 2 heteroatoms. The average molecular weight is 261 g/mol. The molecular formula is C17H27NO. The Labute approximate surface area is 117 Å². The van der Waals surface area contributed by atoms with Crippen molar-refractivity contribution in [1.82, 2.24) is 5.32 Å². The van der Waals surface area contributed by atoms with Gasteiger partial charge in [-0.1, -0.05) is 39.8 Å². The molecule has 1 aliphatic heterocycles. The highest BCUT2D eigenvalue weighted by Crippen LogP contribution is 2.38. The van der Waals surface area contributed by atoms with E-state index in [1.165, 1.54) is 29.5 Å². The first kappa shape index (κ1) is 14.4. The van der Waals surface area contributed by atoms with Gasteiger partial charge in [0.05, 0.1) is 7.11 Å². The molecule has 1 aliphatic rings. The van der Waals surface area contributed by atoms with Gasteiger partial charge in [0.1, 0.15) is 5.75 Å². The molecule has 0 aliphatic carbocycles. The van der Waals surface area contributed by atoms with E-state index >= 15 is 0 Å². The molecule has 1 unspecified atom stereocenters. The summed E-state index contributed by atoms with van der Waals surface area (Å²) in [6.45, 7) is 10.1. The first-order valence-electron chi connectivity index (χ1n) is 7.49. The van der Waals surface area contributed by atoms with E-state index in [4.69, 9.17) is 4.74 Å². The lowest BCUT2D eigenvalue weighted by atomic mass is 9.89. The summed E-state index contributed by atoms with van der Waals surface area (Å²) in [5.74, 6) is 2.08. The molecule has 0 aromatic heterocycles. The number of benzene rings is 1. The Hall–Kier alpha value is -1.02. The molecule has 1 N–H and O–H groups in total. The molecule has 0 amide bonds. The van der Waals surface area contributed by atoms with Crippen molar-refractivity contribution in [3.63, 3.8) is 0 Å². The van der Waals surface area contributed by atoms with Gasteiger partial charge in [-0.2, -0.15) is 0 Å². The molecule has 1 aromatic rings. The Morgan fingerprint density at radius 3 is 2.05 bits per heavy atom. The number of nitrogens with one attached hydrogen (secondary N) is 1. The maximum absolute atomic E-state index is 5.70. The first-order valence-corrected chi connectivity index (χ1v) is 7.49. The van der Waals surface area contributed by atoms with Crippen molar-refractivity contribution in [1.29, 1.82) is 0 Å². The van der Waals surface area contributed by atoms with E-state index in [1.54, 1.807) is 7.11 Å². The molecule has 2 rings (SSSR count). The number of hydrogen-bond donors (Lipinski definition) is 1. The smallest absolute Gasteiger partial charge is 0.125 e. The highest BCUT2D eigenvalue weighted by atomic mass is 16.5. The van der Waals surface area contributed by atoms with Gasteiger partial charge < -0.3 is 10.1 Å². The second-order valence-electron chi connectivity index (χ2n) is 6.19. The maximum atomic E-state index is 5.70. The van der Waals surface area contributed by atoms with Crippen molar-refractivity contribution in [3.8, 4) is 5.75 Å². The van der Waals surface area contributed by atoms with Crippen molar-refractivity contribution in [2.24, 2.45) is 0 Å². The fourth-order valence-electron chi connectivity index (χ4n) is 2.96. The standard InChI is InChI=1S/C17H27NO/c1-11(2)14-9-13(16-7-6-8-18-16)10-15(12(3)4)17(14)19-5/h9-12,16,18H,6-8H2,1-5H3. The quantitative estimate of drug-likeness (QED) is 0.869. The summed E-state index contributed by atoms with van der Waals surface area (Å²) in [7, 11) is 1.79. The molecule has 0 bridgehead atoms. The van der Waals surface area contributed by atoms with E-state index < -0.39 is 0 Å². The van der Waals surface area contributed by atoms with Crippen LogP contribution in [0.5, 0.6) is 5.75 Å². The van der Waals surface area contributed by atoms with Gasteiger partial charge in [0.25, 0.3) is 0 Å². The highest BCUT2D eigenvalue weighted by molar-refractivity contribution is 5.48. The van der Waals surface area contributed by atoms with E-state index in [0.717, 1.165) is 12.3 Å². The van der Waals surface area contributed by atoms with Crippen molar-refractivity contribution >= 4 is 0 Å². The summed E-state index contributed by atoms with van der Waals surface area (Å²) < 4.78 is 5.70. The van der Waals surface area contributed by atoms with Gasteiger partial charge in [-0.15, -0.1) is 0 Å². The normalized spacial score (nSPS) is 19.4. The van der Waals surface area contributed by atoms with Gasteiger partial charge >= 0.3 is 0 Å². The molecule has 0 saturated carbocycles. The molecule has 0 spiro atoms. The number of methoxy groups -OCH3 is 1. The minimum atomic E-state index is 0.494. The van der Waals surface area contributed by atoms with Crippen LogP contribution in [-0.4, -0.2) is 13.7 Å². The van der Waals surface area contributed by atoms with Gasteiger partial charge in [0.15, 0.2) is 0 Å². The van der Waals surface area contributed by atoms with E-state index in [1.807, 2.05) is 0 Å². The Morgan fingerprint density at radius 2 is 1.68 bits per heavy atom. The van der Waals surface area contributed by atoms with Crippen LogP contribution in [0.4, 0.5) is 0 Å². The molecule has 106 valence electrons. The summed E-state index contributed by atoms with van der Waals surface area (Å²) in [5, 5.41) is 3.60. The lowest BCUT2D eigenvalue weighted by Crippen LogP contribution is -2.14. The minimum Gasteiger partial charge on any atom is -0.496 e. The summed E-state index contributed by atoms with van der Waals surface area (Å²) in [6, 6.07) is 5.22. The zero-order chi connectivity index (χ0) is 14.0. The van der Waals surface area contributed by atoms with Crippen molar-refractivity contribution in [2.75, 3.05) is 13.7 Å². The monoisotopic (exact) mass is 261 g/mol. The van der Waals surface area contributed by atoms with E-state index in [9.17, 15) is 0 Å². The molecular weight excluding hydrogens is 234 g/mol. The Bertz CT molecular complexity index is 402. The second kappa shape index (κ2) is 5.96. The van der Waals surface area contributed by atoms with E-state index in [2.05, 4.69) is 45.1 Å². The highest BCUT2D eigenvalue weighted by Gasteiger charge is 2.22. The van der Waals surface area contributed by atoms with Crippen LogP contribution in [0, 0.1) is 0 Å². The number of hydrogen-bond acceptors (Lipinski definition) is 2. The SMILES string of the molecule is COc1c(C(C)C)cc(C2CCCN2)cc1C(C)C. The zero-order valence-electron chi connectivity index (χ0n) is 12.9. The van der Waals surface area contributed by atoms with Crippen LogP contribution < -0.4 is 10.1 Å². The topological polar surface area (TPSA) is 21.3 Å². The molecule has 1 heterocycles. The lowest BCUT2D eigenvalue weighted by Gasteiger charge is -2.22. The molecule has 2 nitrogen and oxygen atoms in total. The zero-order valence-corrected chi connectivity index (χ0v) is 12.9. The largest absolute Gasteiger partial charge is 0.496 e. The van der Waals surface area contributed by atoms with Crippen LogP contribution in [0.1, 0.15) is 75.1 Å². The fraction of sp³-hybridized carbons (Fsp3) is 0.647. The van der Waals surface area contributed by atoms with Gasteiger partial charge in [-0.3, -0.25) is 0 Å². The van der Waals surface area contributed by atoms with Gasteiger partial charge in [-0.05, 0) is 47.9 Å². The van der Waals surface area contributed by atoms with Crippen LogP contribution >= 0.6 is 0 Å². The van der Waals surface area contributed by atoms with Gasteiger partial charge in [0.2, 0.25) is 0 Å². The van der Waals surface area contributed by atoms with Crippen LogP contribution in [0.15, 0.2) is 12.1 Å². The number of rotatable bonds is 4. The van der Waals surface area contributed by atoms with Crippen molar-refractivity contribution < 1.29 is 4.74 Å². The lowest BCUT2D eigenvalue weighted by molar-refractivity contribution is 0.399. The summed E-state index contributed by atoms with van der Waals surface area (Å²) >= 11 is 0. The Balaban J connectivity index is 2.51. The van der Waals surface area contributed by atoms with Crippen LogP contribution in [0.2, 0.25) is 0 Å². The predicted molar refractivity (Wildman–Crippen MR) is 81.1 cm³/mol. The summed E-state index contributed by atoms with van der Waals surface area (Å²) in [6.07, 6.45) is 2.53. The Morgan fingerprint density at radius 1 is 1.11 bits per heavy atom. The predicted octanol–water partition coefficient (Wildman–Crippen LogP) is 4.37. The molecule has 1 atom stereocenters. The maximum Gasteiger partial charge on any atom is 0.125 e. The van der Waals surface area contributed by atoms with Gasteiger partial charge in [0, 0.05) is 6.04 Å². The van der Waals surface area contributed by atoms with Crippen LogP contribution in [0.3, 0.4) is 0 Å². The van der Waals surface area contributed by atoms with Crippen LogP contribution in [-0.2, 0) is 0 Å². The third kappa shape index (κ3) is 2.94. The van der Waals surface area contributed by atoms with E-state index in [0.29, 0.717) is 17.9 Å². The molecule has 1 aromatic carbocycles. The second-order valence-corrected chi connectivity index (χ2v) is 6.19. The van der Waals surface area contributed by atoms with Gasteiger partial charge in [-0.25, -0.2) is 0 Å². The third-order valence-electron chi connectivity index (χ3n) is 4.08. The first-order chi connectivity index (χ1) is 9.04. The summed E-state index contributed by atoms with van der Waals surface area (Å²) in [5.41, 5.74) is 4.13. The molecule has 1 fully saturated rings. The Kier molecular flexibility index (Phi) is 4.51. The fourth-order valence-corrected chi connectivity index (χ4v) is 2.96. The molecule has 19 heavy (non-hydrogen) atoms. The summed E-state index contributed by atoms with van der Waals surface area (Å²) in [4.78, 5) is 0.